The molecular formula is C10H13N5OS. The average Bonchev–Trinajstić information content (AvgIpc) is 2.73. The molecule has 2 rings (SSSR count). The van der Waals surface area contributed by atoms with Crippen molar-refractivity contribution in [3.63, 3.8) is 0 Å². The Labute approximate surface area is 103 Å². The Morgan fingerprint density at radius 3 is 2.47 bits per heavy atom. The first-order valence-electron chi connectivity index (χ1n) is 5.10. The van der Waals surface area contributed by atoms with E-state index in [0.29, 0.717) is 16.4 Å². The second-order valence-corrected chi connectivity index (χ2v) is 4.93. The van der Waals surface area contributed by atoms with Crippen LogP contribution in [0.4, 0.5) is 5.13 Å². The maximum atomic E-state index is 12.1. The van der Waals surface area contributed by atoms with Gasteiger partial charge in [0, 0.05) is 12.7 Å². The lowest BCUT2D eigenvalue weighted by atomic mass is 10.2. The van der Waals surface area contributed by atoms with E-state index < -0.39 is 0 Å². The molecular weight excluding hydrogens is 238 g/mol. The number of carbonyl (C=O) groups is 1. The van der Waals surface area contributed by atoms with Crippen molar-refractivity contribution in [1.82, 2.24) is 20.0 Å². The molecule has 0 aliphatic rings. The molecule has 0 radical (unpaired) electrons. The Bertz CT molecular complexity index is 571. The van der Waals surface area contributed by atoms with Gasteiger partial charge in [-0.3, -0.25) is 14.8 Å². The number of nitrogens with one attached hydrogen (secondary N) is 1. The molecule has 0 aromatic carbocycles. The van der Waals surface area contributed by atoms with Crippen LogP contribution in [0.3, 0.4) is 0 Å². The van der Waals surface area contributed by atoms with Crippen molar-refractivity contribution in [3.05, 3.63) is 22.0 Å². The normalized spacial score (nSPS) is 10.6. The summed E-state index contributed by atoms with van der Waals surface area (Å²) in [6.07, 6.45) is 0. The number of amides is 1. The summed E-state index contributed by atoms with van der Waals surface area (Å²) in [4.78, 5) is 12.1. The van der Waals surface area contributed by atoms with Crippen LogP contribution in [0.5, 0.6) is 0 Å². The zero-order chi connectivity index (χ0) is 12.6. The number of rotatable bonds is 2. The number of aromatic nitrogens is 4. The molecule has 0 saturated carbocycles. The van der Waals surface area contributed by atoms with Crippen LogP contribution < -0.4 is 5.32 Å². The molecule has 0 fully saturated rings. The largest absolute Gasteiger partial charge is 0.296 e. The highest BCUT2D eigenvalue weighted by molar-refractivity contribution is 7.15. The van der Waals surface area contributed by atoms with E-state index in [9.17, 15) is 4.79 Å². The van der Waals surface area contributed by atoms with Crippen molar-refractivity contribution in [2.75, 3.05) is 5.32 Å². The van der Waals surface area contributed by atoms with Crippen LogP contribution in [-0.2, 0) is 7.05 Å². The van der Waals surface area contributed by atoms with Crippen LogP contribution in [0.25, 0.3) is 0 Å². The minimum absolute atomic E-state index is 0.191. The first-order valence-corrected chi connectivity index (χ1v) is 5.92. The third kappa shape index (κ3) is 2.19. The first kappa shape index (κ1) is 11.7. The molecule has 0 spiro atoms. The van der Waals surface area contributed by atoms with Crippen molar-refractivity contribution in [3.8, 4) is 0 Å². The van der Waals surface area contributed by atoms with Crippen LogP contribution in [0.15, 0.2) is 0 Å². The van der Waals surface area contributed by atoms with E-state index in [-0.39, 0.29) is 5.91 Å². The van der Waals surface area contributed by atoms with Gasteiger partial charge in [0.05, 0.1) is 11.3 Å². The lowest BCUT2D eigenvalue weighted by Crippen LogP contribution is -2.13. The van der Waals surface area contributed by atoms with Gasteiger partial charge in [-0.2, -0.15) is 5.10 Å². The molecule has 0 atom stereocenters. The monoisotopic (exact) mass is 251 g/mol. The second-order valence-electron chi connectivity index (χ2n) is 3.75. The third-order valence-electron chi connectivity index (χ3n) is 2.48. The van der Waals surface area contributed by atoms with Crippen LogP contribution in [0, 0.1) is 20.8 Å². The molecule has 17 heavy (non-hydrogen) atoms. The molecule has 6 nitrogen and oxygen atoms in total. The average molecular weight is 251 g/mol. The number of nitrogens with zero attached hydrogens (tertiary/aromatic N) is 4. The lowest BCUT2D eigenvalue weighted by Gasteiger charge is -2.01. The van der Waals surface area contributed by atoms with E-state index in [1.807, 2.05) is 27.8 Å². The second kappa shape index (κ2) is 4.25. The van der Waals surface area contributed by atoms with Gasteiger partial charge in [0.15, 0.2) is 0 Å². The molecule has 0 unspecified atom stereocenters. The summed E-state index contributed by atoms with van der Waals surface area (Å²) in [5.74, 6) is -0.191. The fourth-order valence-corrected chi connectivity index (χ4v) is 2.20. The fraction of sp³-hybridized carbons (Fsp3) is 0.400. The standard InChI is InChI=1S/C10H13N5OS/c1-5-8(6(2)15(4)14-5)9(16)11-10-13-12-7(3)17-10/h1-4H3,(H,11,13,16). The molecule has 0 aliphatic heterocycles. The van der Waals surface area contributed by atoms with Crippen LogP contribution in [-0.4, -0.2) is 25.9 Å². The van der Waals surface area contributed by atoms with Crippen molar-refractivity contribution in [2.45, 2.75) is 20.8 Å². The highest BCUT2D eigenvalue weighted by atomic mass is 32.1. The summed E-state index contributed by atoms with van der Waals surface area (Å²) in [6, 6.07) is 0. The van der Waals surface area contributed by atoms with Gasteiger partial charge >= 0.3 is 0 Å². The van der Waals surface area contributed by atoms with Crippen molar-refractivity contribution < 1.29 is 4.79 Å². The Kier molecular flexibility index (Phi) is 2.93. The maximum Gasteiger partial charge on any atom is 0.261 e. The molecule has 2 heterocycles. The summed E-state index contributed by atoms with van der Waals surface area (Å²) >= 11 is 1.35. The molecule has 1 amide bonds. The van der Waals surface area contributed by atoms with E-state index in [2.05, 4.69) is 20.6 Å². The summed E-state index contributed by atoms with van der Waals surface area (Å²) < 4.78 is 1.69. The summed E-state index contributed by atoms with van der Waals surface area (Å²) in [5, 5.41) is 16.0. The topological polar surface area (TPSA) is 72.7 Å². The van der Waals surface area contributed by atoms with E-state index in [0.717, 1.165) is 10.7 Å². The zero-order valence-corrected chi connectivity index (χ0v) is 10.9. The van der Waals surface area contributed by atoms with Crippen molar-refractivity contribution in [1.29, 1.82) is 0 Å². The van der Waals surface area contributed by atoms with E-state index in [4.69, 9.17) is 0 Å². The molecule has 2 aromatic rings. The molecule has 7 heteroatoms. The number of anilines is 1. The van der Waals surface area contributed by atoms with Crippen LogP contribution in [0.1, 0.15) is 26.8 Å². The Hall–Kier alpha value is -1.76. The molecule has 0 bridgehead atoms. The Morgan fingerprint density at radius 1 is 1.29 bits per heavy atom. The van der Waals surface area contributed by atoms with Gasteiger partial charge in [-0.05, 0) is 20.8 Å². The van der Waals surface area contributed by atoms with E-state index >= 15 is 0 Å². The van der Waals surface area contributed by atoms with Gasteiger partial charge in [0.1, 0.15) is 5.01 Å². The predicted octanol–water partition coefficient (Wildman–Crippen LogP) is 1.45. The van der Waals surface area contributed by atoms with Crippen molar-refractivity contribution >= 4 is 22.4 Å². The quantitative estimate of drug-likeness (QED) is 0.876. The summed E-state index contributed by atoms with van der Waals surface area (Å²) in [6.45, 7) is 5.52. The fourth-order valence-electron chi connectivity index (χ4n) is 1.61. The minimum atomic E-state index is -0.191. The number of carbonyl (C=O) groups excluding carboxylic acids is 1. The van der Waals surface area contributed by atoms with Gasteiger partial charge in [-0.25, -0.2) is 0 Å². The summed E-state index contributed by atoms with van der Waals surface area (Å²) in [7, 11) is 1.81. The molecule has 2 aromatic heterocycles. The van der Waals surface area contributed by atoms with Gasteiger partial charge < -0.3 is 0 Å². The third-order valence-corrected chi connectivity index (χ3v) is 3.24. The predicted molar refractivity (Wildman–Crippen MR) is 65.3 cm³/mol. The summed E-state index contributed by atoms with van der Waals surface area (Å²) in [5.41, 5.74) is 2.14. The SMILES string of the molecule is Cc1nnc(NC(=O)c2c(C)nn(C)c2C)s1. The van der Waals surface area contributed by atoms with Gasteiger partial charge in [-0.1, -0.05) is 11.3 Å². The number of hydrogen-bond donors (Lipinski definition) is 1. The van der Waals surface area contributed by atoms with E-state index in [1.165, 1.54) is 11.3 Å². The zero-order valence-electron chi connectivity index (χ0n) is 10.1. The van der Waals surface area contributed by atoms with Gasteiger partial charge in [-0.15, -0.1) is 10.2 Å². The number of hydrogen-bond acceptors (Lipinski definition) is 5. The highest BCUT2D eigenvalue weighted by Crippen LogP contribution is 2.17. The van der Waals surface area contributed by atoms with Crippen LogP contribution in [0.2, 0.25) is 0 Å². The lowest BCUT2D eigenvalue weighted by molar-refractivity contribution is 0.102. The molecule has 0 saturated heterocycles. The Morgan fingerprint density at radius 2 is 2.00 bits per heavy atom. The molecule has 90 valence electrons. The Balaban J connectivity index is 2.26. The first-order chi connectivity index (χ1) is 7.99. The highest BCUT2D eigenvalue weighted by Gasteiger charge is 2.18. The van der Waals surface area contributed by atoms with Gasteiger partial charge in [0.2, 0.25) is 5.13 Å². The smallest absolute Gasteiger partial charge is 0.261 e. The van der Waals surface area contributed by atoms with Gasteiger partial charge in [0.25, 0.3) is 5.91 Å². The minimum Gasteiger partial charge on any atom is -0.296 e. The number of aryl methyl sites for hydroxylation is 3. The van der Waals surface area contributed by atoms with E-state index in [1.54, 1.807) is 4.68 Å². The molecule has 0 aliphatic carbocycles. The van der Waals surface area contributed by atoms with Crippen molar-refractivity contribution in [2.24, 2.45) is 7.05 Å². The van der Waals surface area contributed by atoms with Crippen LogP contribution >= 0.6 is 11.3 Å². The molecule has 1 N–H and O–H groups in total. The maximum absolute atomic E-state index is 12.1.